The molecule has 0 atom stereocenters. The van der Waals surface area contributed by atoms with Crippen LogP contribution in [0.4, 0.5) is 11.8 Å². The first-order valence-corrected chi connectivity index (χ1v) is 11.1. The van der Waals surface area contributed by atoms with Crippen molar-refractivity contribution in [1.82, 2.24) is 14.9 Å². The number of hydrogen-bond acceptors (Lipinski definition) is 6. The summed E-state index contributed by atoms with van der Waals surface area (Å²) >= 11 is 6.51. The Labute approximate surface area is 188 Å². The van der Waals surface area contributed by atoms with E-state index in [1.807, 2.05) is 48.5 Å². The van der Waals surface area contributed by atoms with E-state index in [2.05, 4.69) is 20.2 Å². The van der Waals surface area contributed by atoms with Crippen LogP contribution in [0.15, 0.2) is 54.7 Å². The predicted molar refractivity (Wildman–Crippen MR) is 126 cm³/mol. The average Bonchev–Trinajstić information content (AvgIpc) is 3.30. The first-order valence-electron chi connectivity index (χ1n) is 10.7. The van der Waals surface area contributed by atoms with Gasteiger partial charge in [-0.1, -0.05) is 48.0 Å². The second kappa shape index (κ2) is 10.5. The van der Waals surface area contributed by atoms with Crippen LogP contribution in [0.2, 0.25) is 5.02 Å². The summed E-state index contributed by atoms with van der Waals surface area (Å²) in [7, 11) is 0. The van der Waals surface area contributed by atoms with Crippen LogP contribution in [0.25, 0.3) is 11.1 Å². The molecule has 0 bridgehead atoms. The SMILES string of the molecule is Nc1ncc(-c2ccc(OCc3ccccc3)c(Cl)c2)c(NCCCN2CCCC2)n1. The summed E-state index contributed by atoms with van der Waals surface area (Å²) in [5, 5.41) is 3.97. The number of nitrogens with two attached hydrogens (primary N) is 1. The Hall–Kier alpha value is -2.83. The molecule has 0 spiro atoms. The van der Waals surface area contributed by atoms with Crippen LogP contribution in [-0.2, 0) is 6.61 Å². The third-order valence-electron chi connectivity index (χ3n) is 5.43. The van der Waals surface area contributed by atoms with Gasteiger partial charge in [0.2, 0.25) is 5.95 Å². The molecule has 0 unspecified atom stereocenters. The molecular formula is C24H28ClN5O. The highest BCUT2D eigenvalue weighted by atomic mass is 35.5. The molecule has 0 radical (unpaired) electrons. The minimum Gasteiger partial charge on any atom is -0.487 e. The van der Waals surface area contributed by atoms with E-state index in [-0.39, 0.29) is 5.95 Å². The molecule has 2 aromatic carbocycles. The lowest BCUT2D eigenvalue weighted by Gasteiger charge is -2.16. The topological polar surface area (TPSA) is 76.3 Å². The van der Waals surface area contributed by atoms with Crippen LogP contribution in [0.5, 0.6) is 5.75 Å². The van der Waals surface area contributed by atoms with Gasteiger partial charge in [-0.2, -0.15) is 4.98 Å². The van der Waals surface area contributed by atoms with Crippen molar-refractivity contribution in [3.05, 3.63) is 65.3 Å². The van der Waals surface area contributed by atoms with Crippen molar-refractivity contribution in [3.63, 3.8) is 0 Å². The molecule has 1 aromatic heterocycles. The van der Waals surface area contributed by atoms with Gasteiger partial charge >= 0.3 is 0 Å². The summed E-state index contributed by atoms with van der Waals surface area (Å²) in [6, 6.07) is 15.7. The molecule has 3 N–H and O–H groups in total. The Morgan fingerprint density at radius 3 is 2.68 bits per heavy atom. The van der Waals surface area contributed by atoms with E-state index in [0.29, 0.717) is 17.4 Å². The third-order valence-corrected chi connectivity index (χ3v) is 5.73. The Bertz CT molecular complexity index is 993. The lowest BCUT2D eigenvalue weighted by Crippen LogP contribution is -2.22. The molecule has 1 fully saturated rings. The van der Waals surface area contributed by atoms with Crippen molar-refractivity contribution < 1.29 is 4.74 Å². The highest BCUT2D eigenvalue weighted by Crippen LogP contribution is 2.33. The molecule has 4 rings (SSSR count). The van der Waals surface area contributed by atoms with E-state index in [4.69, 9.17) is 22.1 Å². The summed E-state index contributed by atoms with van der Waals surface area (Å²) in [4.78, 5) is 11.1. The van der Waals surface area contributed by atoms with Gasteiger partial charge in [-0.3, -0.25) is 0 Å². The maximum absolute atomic E-state index is 6.51. The van der Waals surface area contributed by atoms with E-state index < -0.39 is 0 Å². The zero-order chi connectivity index (χ0) is 21.5. The fourth-order valence-electron chi connectivity index (χ4n) is 3.78. The number of aromatic nitrogens is 2. The molecule has 1 saturated heterocycles. The van der Waals surface area contributed by atoms with Gasteiger partial charge in [-0.25, -0.2) is 4.98 Å². The number of benzene rings is 2. The zero-order valence-corrected chi connectivity index (χ0v) is 18.3. The Morgan fingerprint density at radius 2 is 1.90 bits per heavy atom. The van der Waals surface area contributed by atoms with E-state index >= 15 is 0 Å². The van der Waals surface area contributed by atoms with Crippen molar-refractivity contribution in [1.29, 1.82) is 0 Å². The van der Waals surface area contributed by atoms with Crippen LogP contribution >= 0.6 is 11.6 Å². The first-order chi connectivity index (χ1) is 15.2. The molecule has 0 amide bonds. The first kappa shape index (κ1) is 21.4. The number of rotatable bonds is 9. The van der Waals surface area contributed by atoms with Crippen molar-refractivity contribution in [2.24, 2.45) is 0 Å². The number of nitrogens with one attached hydrogen (secondary N) is 1. The van der Waals surface area contributed by atoms with Gasteiger partial charge in [0.1, 0.15) is 18.2 Å². The van der Waals surface area contributed by atoms with Crippen LogP contribution in [0, 0.1) is 0 Å². The Balaban J connectivity index is 1.42. The molecule has 6 nitrogen and oxygen atoms in total. The quantitative estimate of drug-likeness (QED) is 0.466. The normalized spacial score (nSPS) is 14.0. The molecule has 31 heavy (non-hydrogen) atoms. The molecule has 3 aromatic rings. The molecule has 1 aliphatic rings. The summed E-state index contributed by atoms with van der Waals surface area (Å²) < 4.78 is 5.89. The average molecular weight is 438 g/mol. The lowest BCUT2D eigenvalue weighted by atomic mass is 10.1. The smallest absolute Gasteiger partial charge is 0.221 e. The maximum Gasteiger partial charge on any atom is 0.221 e. The van der Waals surface area contributed by atoms with Gasteiger partial charge in [-0.15, -0.1) is 0 Å². The molecule has 7 heteroatoms. The number of hydrogen-bond donors (Lipinski definition) is 2. The Kier molecular flexibility index (Phi) is 7.22. The zero-order valence-electron chi connectivity index (χ0n) is 17.6. The van der Waals surface area contributed by atoms with E-state index in [1.165, 1.54) is 25.9 Å². The van der Waals surface area contributed by atoms with Crippen LogP contribution in [-0.4, -0.2) is 41.0 Å². The third kappa shape index (κ3) is 5.87. The van der Waals surface area contributed by atoms with Crippen LogP contribution in [0.3, 0.4) is 0 Å². The predicted octanol–water partition coefficient (Wildman–Crippen LogP) is 4.86. The summed E-state index contributed by atoms with van der Waals surface area (Å²) in [6.45, 7) is 4.81. The number of ether oxygens (including phenoxy) is 1. The molecule has 0 saturated carbocycles. The summed E-state index contributed by atoms with van der Waals surface area (Å²) in [5.41, 5.74) is 8.72. The number of likely N-dealkylation sites (tertiary alicyclic amines) is 1. The number of nitrogen functional groups attached to an aromatic ring is 1. The van der Waals surface area contributed by atoms with Crippen molar-refractivity contribution in [2.75, 3.05) is 37.2 Å². The van der Waals surface area contributed by atoms with Gasteiger partial charge < -0.3 is 20.7 Å². The van der Waals surface area contributed by atoms with Crippen molar-refractivity contribution in [2.45, 2.75) is 25.9 Å². The maximum atomic E-state index is 6.51. The van der Waals surface area contributed by atoms with Gasteiger partial charge in [-0.05, 0) is 62.2 Å². The largest absolute Gasteiger partial charge is 0.487 e. The monoisotopic (exact) mass is 437 g/mol. The van der Waals surface area contributed by atoms with Gasteiger partial charge in [0.25, 0.3) is 0 Å². The van der Waals surface area contributed by atoms with Crippen LogP contribution in [0.1, 0.15) is 24.8 Å². The number of nitrogens with zero attached hydrogens (tertiary/aromatic N) is 3. The number of halogens is 1. The Morgan fingerprint density at radius 1 is 1.10 bits per heavy atom. The van der Waals surface area contributed by atoms with Gasteiger partial charge in [0.05, 0.1) is 5.02 Å². The highest BCUT2D eigenvalue weighted by molar-refractivity contribution is 6.32. The lowest BCUT2D eigenvalue weighted by molar-refractivity contribution is 0.306. The standard InChI is InChI=1S/C24H28ClN5O/c25-21-15-19(9-10-22(21)31-17-18-7-2-1-3-8-18)20-16-28-24(26)29-23(20)27-11-6-14-30-12-4-5-13-30/h1-3,7-10,15-16H,4-6,11-14,17H2,(H3,26,27,28,29). The highest BCUT2D eigenvalue weighted by Gasteiger charge is 2.13. The summed E-state index contributed by atoms with van der Waals surface area (Å²) in [5.74, 6) is 1.62. The fraction of sp³-hybridized carbons (Fsp3) is 0.333. The molecule has 0 aliphatic carbocycles. The molecule has 2 heterocycles. The second-order valence-corrected chi connectivity index (χ2v) is 8.15. The summed E-state index contributed by atoms with van der Waals surface area (Å²) in [6.07, 6.45) is 5.41. The molecule has 162 valence electrons. The van der Waals surface area contributed by atoms with Crippen molar-refractivity contribution >= 4 is 23.4 Å². The minimum atomic E-state index is 0.250. The van der Waals surface area contributed by atoms with E-state index in [9.17, 15) is 0 Å². The fourth-order valence-corrected chi connectivity index (χ4v) is 4.01. The van der Waals surface area contributed by atoms with E-state index in [1.54, 1.807) is 6.20 Å². The van der Waals surface area contributed by atoms with Crippen molar-refractivity contribution in [3.8, 4) is 16.9 Å². The minimum absolute atomic E-state index is 0.250. The second-order valence-electron chi connectivity index (χ2n) is 7.74. The van der Waals surface area contributed by atoms with E-state index in [0.717, 1.165) is 42.0 Å². The van der Waals surface area contributed by atoms with Gasteiger partial charge in [0, 0.05) is 18.3 Å². The van der Waals surface area contributed by atoms with Crippen LogP contribution < -0.4 is 15.8 Å². The molecule has 1 aliphatic heterocycles. The molecular weight excluding hydrogens is 410 g/mol. The number of anilines is 2. The van der Waals surface area contributed by atoms with Gasteiger partial charge in [0.15, 0.2) is 0 Å².